The van der Waals surface area contributed by atoms with Crippen molar-refractivity contribution >= 4 is 38.7 Å². The summed E-state index contributed by atoms with van der Waals surface area (Å²) < 4.78 is 2.72. The normalized spacial score (nSPS) is 11.1. The number of aromatic nitrogens is 4. The molecule has 25 heavy (non-hydrogen) atoms. The molecular formula is C18H13BrN4OS. The standard InChI is InChI=1S/C18H13BrN4OS/c19-12-5-4-8-14(9-12)25-11-16-21-17-15(18(24)22-16)10-20-23(17)13-6-2-1-3-7-13/h1-10H,11H2,(H,21,22,24). The summed E-state index contributed by atoms with van der Waals surface area (Å²) >= 11 is 5.08. The van der Waals surface area contributed by atoms with E-state index in [1.54, 1.807) is 22.6 Å². The van der Waals surface area contributed by atoms with Gasteiger partial charge in [-0.1, -0.05) is 40.2 Å². The first-order valence-corrected chi connectivity index (χ1v) is 9.39. The van der Waals surface area contributed by atoms with Crippen LogP contribution in [0, 0.1) is 0 Å². The third-order valence-electron chi connectivity index (χ3n) is 3.66. The molecule has 0 aliphatic heterocycles. The topological polar surface area (TPSA) is 63.6 Å². The molecule has 2 heterocycles. The van der Waals surface area contributed by atoms with Crippen LogP contribution >= 0.6 is 27.7 Å². The first kappa shape index (κ1) is 16.1. The Morgan fingerprint density at radius 2 is 1.96 bits per heavy atom. The van der Waals surface area contributed by atoms with Gasteiger partial charge in [0.15, 0.2) is 5.65 Å². The Morgan fingerprint density at radius 3 is 2.76 bits per heavy atom. The van der Waals surface area contributed by atoms with Gasteiger partial charge in [0.05, 0.1) is 17.6 Å². The molecule has 0 saturated carbocycles. The van der Waals surface area contributed by atoms with E-state index in [1.807, 2.05) is 54.6 Å². The quantitative estimate of drug-likeness (QED) is 0.511. The number of fused-ring (bicyclic) bond motifs is 1. The molecule has 0 atom stereocenters. The van der Waals surface area contributed by atoms with Crippen LogP contribution in [0.1, 0.15) is 5.82 Å². The van der Waals surface area contributed by atoms with E-state index in [1.165, 1.54) is 0 Å². The van der Waals surface area contributed by atoms with Gasteiger partial charge in [-0.15, -0.1) is 11.8 Å². The molecule has 1 N–H and O–H groups in total. The Labute approximate surface area is 156 Å². The highest BCUT2D eigenvalue weighted by molar-refractivity contribution is 9.10. The average Bonchev–Trinajstić information content (AvgIpc) is 3.05. The second-order valence-electron chi connectivity index (χ2n) is 5.39. The van der Waals surface area contributed by atoms with Crippen LogP contribution in [0.2, 0.25) is 0 Å². The minimum atomic E-state index is -0.169. The number of benzene rings is 2. The summed E-state index contributed by atoms with van der Waals surface area (Å²) in [6.45, 7) is 0. The van der Waals surface area contributed by atoms with Crippen molar-refractivity contribution in [2.24, 2.45) is 0 Å². The molecule has 0 bridgehead atoms. The number of halogens is 1. The third kappa shape index (κ3) is 3.38. The second kappa shape index (κ2) is 6.85. The van der Waals surface area contributed by atoms with Crippen molar-refractivity contribution in [3.8, 4) is 5.69 Å². The number of nitrogens with zero attached hydrogens (tertiary/aromatic N) is 3. The van der Waals surface area contributed by atoms with Crippen LogP contribution in [0.3, 0.4) is 0 Å². The lowest BCUT2D eigenvalue weighted by molar-refractivity contribution is 0.887. The lowest BCUT2D eigenvalue weighted by atomic mass is 10.3. The van der Waals surface area contributed by atoms with Crippen molar-refractivity contribution in [1.29, 1.82) is 0 Å². The number of hydrogen-bond acceptors (Lipinski definition) is 4. The molecule has 0 aliphatic carbocycles. The molecule has 4 aromatic rings. The van der Waals surface area contributed by atoms with Crippen molar-refractivity contribution in [1.82, 2.24) is 19.7 Å². The van der Waals surface area contributed by atoms with E-state index in [2.05, 4.69) is 31.0 Å². The van der Waals surface area contributed by atoms with Crippen molar-refractivity contribution in [3.05, 3.63) is 81.4 Å². The Balaban J connectivity index is 1.70. The Morgan fingerprint density at radius 1 is 1.12 bits per heavy atom. The summed E-state index contributed by atoms with van der Waals surface area (Å²) in [6, 6.07) is 17.7. The van der Waals surface area contributed by atoms with Crippen molar-refractivity contribution in [2.75, 3.05) is 0 Å². The number of rotatable bonds is 4. The summed E-state index contributed by atoms with van der Waals surface area (Å²) in [4.78, 5) is 20.9. The van der Waals surface area contributed by atoms with Crippen LogP contribution in [0.4, 0.5) is 0 Å². The molecule has 0 radical (unpaired) electrons. The number of thioether (sulfide) groups is 1. The molecule has 0 spiro atoms. The van der Waals surface area contributed by atoms with E-state index in [0.29, 0.717) is 22.6 Å². The summed E-state index contributed by atoms with van der Waals surface area (Å²) in [5.41, 5.74) is 1.28. The fourth-order valence-corrected chi connectivity index (χ4v) is 3.87. The summed E-state index contributed by atoms with van der Waals surface area (Å²) in [7, 11) is 0. The summed E-state index contributed by atoms with van der Waals surface area (Å²) in [6.07, 6.45) is 1.55. The first-order valence-electron chi connectivity index (χ1n) is 7.61. The average molecular weight is 413 g/mol. The highest BCUT2D eigenvalue weighted by Gasteiger charge is 2.11. The van der Waals surface area contributed by atoms with Gasteiger partial charge in [-0.2, -0.15) is 5.10 Å². The predicted molar refractivity (Wildman–Crippen MR) is 103 cm³/mol. The van der Waals surface area contributed by atoms with Crippen LogP contribution in [-0.4, -0.2) is 19.7 Å². The molecule has 7 heteroatoms. The fraction of sp³-hybridized carbons (Fsp3) is 0.0556. The zero-order valence-corrected chi connectivity index (χ0v) is 15.4. The van der Waals surface area contributed by atoms with Gasteiger partial charge < -0.3 is 4.98 Å². The van der Waals surface area contributed by atoms with E-state index in [-0.39, 0.29) is 5.56 Å². The molecule has 2 aromatic heterocycles. The fourth-order valence-electron chi connectivity index (χ4n) is 2.50. The molecule has 0 unspecified atom stereocenters. The summed E-state index contributed by atoms with van der Waals surface area (Å²) in [5, 5.41) is 4.80. The maximum atomic E-state index is 12.3. The maximum absolute atomic E-state index is 12.3. The van der Waals surface area contributed by atoms with E-state index in [9.17, 15) is 4.79 Å². The van der Waals surface area contributed by atoms with Crippen LogP contribution in [0.25, 0.3) is 16.7 Å². The maximum Gasteiger partial charge on any atom is 0.262 e. The van der Waals surface area contributed by atoms with Gasteiger partial charge >= 0.3 is 0 Å². The highest BCUT2D eigenvalue weighted by Crippen LogP contribution is 2.24. The van der Waals surface area contributed by atoms with Crippen molar-refractivity contribution in [2.45, 2.75) is 10.6 Å². The van der Waals surface area contributed by atoms with Crippen molar-refractivity contribution < 1.29 is 0 Å². The van der Waals surface area contributed by atoms with Gasteiger partial charge in [0, 0.05) is 9.37 Å². The largest absolute Gasteiger partial charge is 0.309 e. The van der Waals surface area contributed by atoms with E-state index in [0.717, 1.165) is 15.1 Å². The molecule has 4 rings (SSSR count). The molecule has 0 aliphatic rings. The SMILES string of the molecule is O=c1[nH]c(CSc2cccc(Br)c2)nc2c1cnn2-c1ccccc1. The van der Waals surface area contributed by atoms with Gasteiger partial charge in [-0.05, 0) is 30.3 Å². The summed E-state index contributed by atoms with van der Waals surface area (Å²) in [5.74, 6) is 1.20. The zero-order valence-electron chi connectivity index (χ0n) is 13.0. The van der Waals surface area contributed by atoms with Crippen LogP contribution in [0.5, 0.6) is 0 Å². The van der Waals surface area contributed by atoms with Crippen molar-refractivity contribution in [3.63, 3.8) is 0 Å². The molecule has 0 amide bonds. The third-order valence-corrected chi connectivity index (χ3v) is 5.16. The number of nitrogens with one attached hydrogen (secondary N) is 1. The second-order valence-corrected chi connectivity index (χ2v) is 7.35. The predicted octanol–water partition coefficient (Wildman–Crippen LogP) is 4.16. The Hall–Kier alpha value is -2.38. The van der Waals surface area contributed by atoms with E-state index < -0.39 is 0 Å². The first-order chi connectivity index (χ1) is 12.2. The number of aromatic amines is 1. The van der Waals surface area contributed by atoms with E-state index in [4.69, 9.17) is 0 Å². The lowest BCUT2D eigenvalue weighted by Gasteiger charge is -2.05. The molecule has 2 aromatic carbocycles. The highest BCUT2D eigenvalue weighted by atomic mass is 79.9. The number of hydrogen-bond donors (Lipinski definition) is 1. The van der Waals surface area contributed by atoms with Gasteiger partial charge in [0.2, 0.25) is 0 Å². The minimum absolute atomic E-state index is 0.169. The zero-order chi connectivity index (χ0) is 17.2. The van der Waals surface area contributed by atoms with Gasteiger partial charge in [0.1, 0.15) is 11.2 Å². The van der Waals surface area contributed by atoms with Crippen LogP contribution in [0.15, 0.2) is 75.0 Å². The Bertz CT molecular complexity index is 1090. The molecule has 5 nitrogen and oxygen atoms in total. The molecule has 0 fully saturated rings. The molecular weight excluding hydrogens is 400 g/mol. The van der Waals surface area contributed by atoms with Crippen LogP contribution < -0.4 is 5.56 Å². The lowest BCUT2D eigenvalue weighted by Crippen LogP contribution is -2.11. The monoisotopic (exact) mass is 412 g/mol. The van der Waals surface area contributed by atoms with E-state index >= 15 is 0 Å². The van der Waals surface area contributed by atoms with Crippen LogP contribution in [-0.2, 0) is 5.75 Å². The smallest absolute Gasteiger partial charge is 0.262 e. The van der Waals surface area contributed by atoms with Gasteiger partial charge in [0.25, 0.3) is 5.56 Å². The Kier molecular flexibility index (Phi) is 4.42. The number of para-hydroxylation sites is 1. The minimum Gasteiger partial charge on any atom is -0.309 e. The van der Waals surface area contributed by atoms with Gasteiger partial charge in [-0.25, -0.2) is 9.67 Å². The number of H-pyrrole nitrogens is 1. The molecule has 0 saturated heterocycles. The molecule has 124 valence electrons. The van der Waals surface area contributed by atoms with Gasteiger partial charge in [-0.3, -0.25) is 4.79 Å².